The number of likely N-dealkylation sites (tertiary alicyclic amines) is 1. The fourth-order valence-electron chi connectivity index (χ4n) is 1.75. The highest BCUT2D eigenvalue weighted by Crippen LogP contribution is 2.15. The average molecular weight is 185 g/mol. The maximum absolute atomic E-state index is 11.5. The molecule has 4 heteroatoms. The van der Waals surface area contributed by atoms with Crippen molar-refractivity contribution in [3.8, 4) is 0 Å². The molecule has 1 rings (SSSR count). The van der Waals surface area contributed by atoms with Crippen molar-refractivity contribution in [1.82, 2.24) is 4.90 Å². The molecule has 76 valence electrons. The highest BCUT2D eigenvalue weighted by Gasteiger charge is 2.24. The van der Waals surface area contributed by atoms with Crippen molar-refractivity contribution in [1.29, 1.82) is 0 Å². The van der Waals surface area contributed by atoms with E-state index in [0.29, 0.717) is 12.5 Å². The van der Waals surface area contributed by atoms with Gasteiger partial charge in [-0.25, -0.2) is 0 Å². The Morgan fingerprint density at radius 3 is 2.92 bits per heavy atom. The molecule has 0 aliphatic carbocycles. The summed E-state index contributed by atoms with van der Waals surface area (Å²) in [6, 6.07) is -0.378. The van der Waals surface area contributed by atoms with Gasteiger partial charge in [-0.1, -0.05) is 0 Å². The first-order valence-electron chi connectivity index (χ1n) is 4.89. The predicted molar refractivity (Wildman–Crippen MR) is 52.0 cm³/mol. The fraction of sp³-hybridized carbons (Fsp3) is 0.889. The van der Waals surface area contributed by atoms with E-state index in [1.54, 1.807) is 6.92 Å². The second-order valence-electron chi connectivity index (χ2n) is 3.82. The van der Waals surface area contributed by atoms with Crippen LogP contribution in [-0.2, 0) is 4.79 Å². The Balaban J connectivity index is 2.46. The quantitative estimate of drug-likeness (QED) is 0.611. The molecule has 13 heavy (non-hydrogen) atoms. The Bertz CT molecular complexity index is 182. The van der Waals surface area contributed by atoms with Crippen LogP contribution in [0.5, 0.6) is 0 Å². The molecular weight excluding hydrogens is 166 g/mol. The third-order valence-electron chi connectivity index (χ3n) is 2.55. The minimum atomic E-state index is -0.378. The van der Waals surface area contributed by atoms with Gasteiger partial charge >= 0.3 is 0 Å². The van der Waals surface area contributed by atoms with E-state index < -0.39 is 0 Å². The molecule has 0 radical (unpaired) electrons. The molecule has 1 saturated heterocycles. The van der Waals surface area contributed by atoms with E-state index in [-0.39, 0.29) is 11.9 Å². The summed E-state index contributed by atoms with van der Waals surface area (Å²) in [5.74, 6) is 0.523. The molecule has 0 aromatic heterocycles. The molecule has 1 aliphatic rings. The van der Waals surface area contributed by atoms with Gasteiger partial charge in [0.15, 0.2) is 0 Å². The average Bonchev–Trinajstić information content (AvgIpc) is 2.16. The number of nitrogens with zero attached hydrogens (tertiary/aromatic N) is 1. The van der Waals surface area contributed by atoms with Crippen molar-refractivity contribution in [2.75, 3.05) is 19.6 Å². The summed E-state index contributed by atoms with van der Waals surface area (Å²) >= 11 is 0. The molecule has 1 amide bonds. The third-order valence-corrected chi connectivity index (χ3v) is 2.55. The number of piperidine rings is 1. The summed E-state index contributed by atoms with van der Waals surface area (Å²) in [6.07, 6.45) is 2.19. The van der Waals surface area contributed by atoms with Crippen molar-refractivity contribution in [2.24, 2.45) is 17.4 Å². The summed E-state index contributed by atoms with van der Waals surface area (Å²) in [5, 5.41) is 0. The van der Waals surface area contributed by atoms with E-state index in [9.17, 15) is 4.79 Å². The molecule has 1 aliphatic heterocycles. The summed E-state index contributed by atoms with van der Waals surface area (Å²) in [7, 11) is 0. The molecule has 2 atom stereocenters. The van der Waals surface area contributed by atoms with Crippen molar-refractivity contribution >= 4 is 5.91 Å². The van der Waals surface area contributed by atoms with Gasteiger partial charge in [-0.05, 0) is 32.2 Å². The van der Waals surface area contributed by atoms with Crippen LogP contribution in [0.15, 0.2) is 0 Å². The summed E-state index contributed by atoms with van der Waals surface area (Å²) in [4.78, 5) is 13.4. The Labute approximate surface area is 79.3 Å². The van der Waals surface area contributed by atoms with Gasteiger partial charge in [0.1, 0.15) is 0 Å². The van der Waals surface area contributed by atoms with Crippen molar-refractivity contribution < 1.29 is 4.79 Å². The lowest BCUT2D eigenvalue weighted by Gasteiger charge is -2.33. The van der Waals surface area contributed by atoms with E-state index in [1.807, 2.05) is 4.90 Å². The Morgan fingerprint density at radius 1 is 1.69 bits per heavy atom. The maximum atomic E-state index is 11.5. The molecule has 0 aromatic carbocycles. The molecule has 4 nitrogen and oxygen atoms in total. The van der Waals surface area contributed by atoms with E-state index >= 15 is 0 Å². The van der Waals surface area contributed by atoms with E-state index in [1.165, 1.54) is 0 Å². The lowest BCUT2D eigenvalue weighted by molar-refractivity contribution is -0.133. The first-order chi connectivity index (χ1) is 6.15. The van der Waals surface area contributed by atoms with E-state index in [0.717, 1.165) is 25.9 Å². The summed E-state index contributed by atoms with van der Waals surface area (Å²) < 4.78 is 0. The van der Waals surface area contributed by atoms with Crippen LogP contribution in [0.4, 0.5) is 0 Å². The zero-order valence-electron chi connectivity index (χ0n) is 8.20. The Morgan fingerprint density at radius 2 is 2.38 bits per heavy atom. The van der Waals surface area contributed by atoms with Gasteiger partial charge in [0.25, 0.3) is 0 Å². The molecule has 0 aromatic rings. The lowest BCUT2D eigenvalue weighted by atomic mass is 9.98. The van der Waals surface area contributed by atoms with Gasteiger partial charge in [-0.3, -0.25) is 4.79 Å². The predicted octanol–water partition coefficient (Wildman–Crippen LogP) is -0.469. The standard InChI is InChI=1S/C9H19N3O/c1-7(11)9(13)12-4-2-3-8(5-10)6-12/h7-8H,2-6,10-11H2,1H3. The minimum Gasteiger partial charge on any atom is -0.341 e. The molecule has 2 unspecified atom stereocenters. The van der Waals surface area contributed by atoms with Gasteiger partial charge in [-0.15, -0.1) is 0 Å². The normalized spacial score (nSPS) is 25.8. The van der Waals surface area contributed by atoms with Crippen LogP contribution in [0, 0.1) is 5.92 Å². The first kappa shape index (κ1) is 10.5. The molecule has 0 spiro atoms. The van der Waals surface area contributed by atoms with E-state index in [2.05, 4.69) is 0 Å². The number of rotatable bonds is 2. The molecule has 1 heterocycles. The monoisotopic (exact) mass is 185 g/mol. The van der Waals surface area contributed by atoms with Crippen LogP contribution in [0.3, 0.4) is 0 Å². The zero-order valence-corrected chi connectivity index (χ0v) is 8.20. The smallest absolute Gasteiger partial charge is 0.239 e. The van der Waals surface area contributed by atoms with Crippen LogP contribution in [0.2, 0.25) is 0 Å². The maximum Gasteiger partial charge on any atom is 0.239 e. The number of amides is 1. The van der Waals surface area contributed by atoms with Gasteiger partial charge in [0.2, 0.25) is 5.91 Å². The zero-order chi connectivity index (χ0) is 9.84. The molecule has 0 bridgehead atoms. The van der Waals surface area contributed by atoms with Crippen LogP contribution < -0.4 is 11.5 Å². The summed E-state index contributed by atoms with van der Waals surface area (Å²) in [6.45, 7) is 4.03. The number of hydrogen-bond acceptors (Lipinski definition) is 3. The van der Waals surface area contributed by atoms with Gasteiger partial charge in [0.05, 0.1) is 6.04 Å². The van der Waals surface area contributed by atoms with Crippen LogP contribution >= 0.6 is 0 Å². The second kappa shape index (κ2) is 4.58. The van der Waals surface area contributed by atoms with Gasteiger partial charge in [0, 0.05) is 13.1 Å². The summed E-state index contributed by atoms with van der Waals surface area (Å²) in [5.41, 5.74) is 11.1. The topological polar surface area (TPSA) is 72.4 Å². The van der Waals surface area contributed by atoms with Crippen molar-refractivity contribution in [3.63, 3.8) is 0 Å². The van der Waals surface area contributed by atoms with Gasteiger partial charge < -0.3 is 16.4 Å². The molecule has 0 saturated carbocycles. The fourth-order valence-corrected chi connectivity index (χ4v) is 1.75. The highest BCUT2D eigenvalue weighted by molar-refractivity contribution is 5.81. The highest BCUT2D eigenvalue weighted by atomic mass is 16.2. The van der Waals surface area contributed by atoms with Crippen molar-refractivity contribution in [3.05, 3.63) is 0 Å². The number of carbonyl (C=O) groups is 1. The number of hydrogen-bond donors (Lipinski definition) is 2. The molecular formula is C9H19N3O. The third kappa shape index (κ3) is 2.67. The van der Waals surface area contributed by atoms with Crippen molar-refractivity contribution in [2.45, 2.75) is 25.8 Å². The molecule has 4 N–H and O–H groups in total. The lowest BCUT2D eigenvalue weighted by Crippen LogP contribution is -2.47. The first-order valence-corrected chi connectivity index (χ1v) is 4.89. The van der Waals surface area contributed by atoms with Crippen LogP contribution in [0.1, 0.15) is 19.8 Å². The van der Waals surface area contributed by atoms with Gasteiger partial charge in [-0.2, -0.15) is 0 Å². The van der Waals surface area contributed by atoms with Crippen LogP contribution in [0.25, 0.3) is 0 Å². The second-order valence-corrected chi connectivity index (χ2v) is 3.82. The number of nitrogens with two attached hydrogens (primary N) is 2. The van der Waals surface area contributed by atoms with E-state index in [4.69, 9.17) is 11.5 Å². The molecule has 1 fully saturated rings. The SMILES string of the molecule is CC(N)C(=O)N1CCCC(CN)C1. The van der Waals surface area contributed by atoms with Crippen LogP contribution in [-0.4, -0.2) is 36.5 Å². The Hall–Kier alpha value is -0.610. The largest absolute Gasteiger partial charge is 0.341 e. The Kier molecular flexibility index (Phi) is 3.69. The number of carbonyl (C=O) groups excluding carboxylic acids is 1. The minimum absolute atomic E-state index is 0.0538.